The summed E-state index contributed by atoms with van der Waals surface area (Å²) < 4.78 is 4.62. The Labute approximate surface area is 104 Å². The van der Waals surface area contributed by atoms with Gasteiger partial charge in [0.1, 0.15) is 12.1 Å². The fraction of sp³-hybridized carbons (Fsp3) is 0.727. The van der Waals surface area contributed by atoms with Gasteiger partial charge in [-0.05, 0) is 6.42 Å². The highest BCUT2D eigenvalue weighted by atomic mass is 16.5. The molecule has 0 aromatic rings. The van der Waals surface area contributed by atoms with Crippen LogP contribution in [0.15, 0.2) is 0 Å². The predicted molar refractivity (Wildman–Crippen MR) is 59.3 cm³/mol. The van der Waals surface area contributed by atoms with E-state index in [1.807, 2.05) is 0 Å². The fourth-order valence-corrected chi connectivity index (χ4v) is 2.42. The highest BCUT2D eigenvalue weighted by Crippen LogP contribution is 2.22. The Morgan fingerprint density at radius 2 is 2.22 bits per heavy atom. The molecular formula is C11H16N2O5. The smallest absolute Gasteiger partial charge is 0.328 e. The van der Waals surface area contributed by atoms with E-state index in [9.17, 15) is 19.5 Å². The largest absolute Gasteiger partial charge is 0.467 e. The van der Waals surface area contributed by atoms with Crippen molar-refractivity contribution < 1.29 is 24.2 Å². The molecule has 2 saturated heterocycles. The van der Waals surface area contributed by atoms with Gasteiger partial charge in [-0.25, -0.2) is 4.79 Å². The lowest BCUT2D eigenvalue weighted by atomic mass is 10.1. The first-order chi connectivity index (χ1) is 8.52. The van der Waals surface area contributed by atoms with Gasteiger partial charge >= 0.3 is 5.97 Å². The zero-order valence-corrected chi connectivity index (χ0v) is 10.1. The third-order valence-corrected chi connectivity index (χ3v) is 3.33. The number of methoxy groups -OCH3 is 1. The number of likely N-dealkylation sites (tertiary alicyclic amines) is 1. The number of hydrogen-bond donors (Lipinski definition) is 2. The maximum atomic E-state index is 12.2. The van der Waals surface area contributed by atoms with Crippen LogP contribution in [0.25, 0.3) is 0 Å². The summed E-state index contributed by atoms with van der Waals surface area (Å²) in [5, 5.41) is 12.1. The Bertz CT molecular complexity index is 384. The van der Waals surface area contributed by atoms with E-state index >= 15 is 0 Å². The van der Waals surface area contributed by atoms with Crippen LogP contribution in [0.2, 0.25) is 0 Å². The lowest BCUT2D eigenvalue weighted by Crippen LogP contribution is -2.49. The standard InChI is InChI=1S/C11H16N2O5/c1-18-11(17)8-4-6(14)5-13(8)10(16)7-2-3-9(15)12-7/h6-8,14H,2-5H2,1H3,(H,12,15)/t6?,7-,8?/m1/s1. The molecule has 0 saturated carbocycles. The first-order valence-electron chi connectivity index (χ1n) is 5.88. The van der Waals surface area contributed by atoms with Gasteiger partial charge in [0, 0.05) is 19.4 Å². The molecule has 0 bridgehead atoms. The van der Waals surface area contributed by atoms with Crippen molar-refractivity contribution >= 4 is 17.8 Å². The molecule has 2 rings (SSSR count). The number of β-amino-alcohol motifs (C(OH)–C–C–N with tert-alkyl or cyclic N) is 1. The fourth-order valence-electron chi connectivity index (χ4n) is 2.42. The quantitative estimate of drug-likeness (QED) is 0.580. The zero-order valence-electron chi connectivity index (χ0n) is 10.1. The van der Waals surface area contributed by atoms with Gasteiger partial charge in [0.2, 0.25) is 11.8 Å². The molecule has 2 heterocycles. The third kappa shape index (κ3) is 2.31. The Morgan fingerprint density at radius 3 is 2.78 bits per heavy atom. The average molecular weight is 256 g/mol. The number of nitrogens with zero attached hydrogens (tertiary/aromatic N) is 1. The number of aliphatic hydroxyl groups excluding tert-OH is 1. The zero-order chi connectivity index (χ0) is 13.3. The molecule has 2 N–H and O–H groups in total. The minimum atomic E-state index is -0.755. The van der Waals surface area contributed by atoms with Crippen molar-refractivity contribution in [2.45, 2.75) is 37.5 Å². The van der Waals surface area contributed by atoms with Crippen LogP contribution in [0.3, 0.4) is 0 Å². The van der Waals surface area contributed by atoms with Gasteiger partial charge in [-0.15, -0.1) is 0 Å². The van der Waals surface area contributed by atoms with Crippen molar-refractivity contribution in [2.24, 2.45) is 0 Å². The maximum Gasteiger partial charge on any atom is 0.328 e. The molecule has 7 nitrogen and oxygen atoms in total. The first kappa shape index (κ1) is 12.8. The predicted octanol–water partition coefficient (Wildman–Crippen LogP) is -1.60. The highest BCUT2D eigenvalue weighted by Gasteiger charge is 2.43. The third-order valence-electron chi connectivity index (χ3n) is 3.33. The molecule has 3 atom stereocenters. The minimum absolute atomic E-state index is 0.102. The van der Waals surface area contributed by atoms with Crippen LogP contribution in [0, 0.1) is 0 Å². The van der Waals surface area contributed by atoms with Crippen molar-refractivity contribution in [1.82, 2.24) is 10.2 Å². The lowest BCUT2D eigenvalue weighted by molar-refractivity contribution is -0.151. The van der Waals surface area contributed by atoms with Crippen LogP contribution in [0.1, 0.15) is 19.3 Å². The van der Waals surface area contributed by atoms with Gasteiger partial charge in [-0.3, -0.25) is 9.59 Å². The van der Waals surface area contributed by atoms with Crippen LogP contribution in [0.5, 0.6) is 0 Å². The molecule has 0 aromatic carbocycles. The number of amides is 2. The molecule has 0 spiro atoms. The lowest BCUT2D eigenvalue weighted by Gasteiger charge is -2.25. The van der Waals surface area contributed by atoms with E-state index in [2.05, 4.69) is 10.1 Å². The van der Waals surface area contributed by atoms with E-state index in [0.717, 1.165) is 0 Å². The SMILES string of the molecule is COC(=O)C1CC(O)CN1C(=O)[C@H]1CCC(=O)N1. The second-order valence-corrected chi connectivity index (χ2v) is 4.58. The molecule has 18 heavy (non-hydrogen) atoms. The first-order valence-corrected chi connectivity index (χ1v) is 5.88. The van der Waals surface area contributed by atoms with Gasteiger partial charge in [0.25, 0.3) is 0 Å². The molecule has 0 aliphatic carbocycles. The topological polar surface area (TPSA) is 95.9 Å². The van der Waals surface area contributed by atoms with E-state index in [1.165, 1.54) is 12.0 Å². The molecule has 2 aliphatic heterocycles. The Balaban J connectivity index is 2.08. The second kappa shape index (κ2) is 4.93. The van der Waals surface area contributed by atoms with Crippen LogP contribution in [-0.2, 0) is 19.1 Å². The van der Waals surface area contributed by atoms with Crippen LogP contribution >= 0.6 is 0 Å². The summed E-state index contributed by atoms with van der Waals surface area (Å²) in [6.07, 6.45) is 0.197. The summed E-state index contributed by atoms with van der Waals surface area (Å²) in [5.74, 6) is -1.03. The monoisotopic (exact) mass is 256 g/mol. The molecule has 2 unspecified atom stereocenters. The number of carbonyl (C=O) groups excluding carboxylic acids is 3. The molecule has 100 valence electrons. The number of ether oxygens (including phenoxy) is 1. The molecule has 0 aromatic heterocycles. The van der Waals surface area contributed by atoms with Crippen LogP contribution < -0.4 is 5.32 Å². The van der Waals surface area contributed by atoms with Gasteiger partial charge in [-0.1, -0.05) is 0 Å². The Hall–Kier alpha value is -1.63. The number of aliphatic hydroxyl groups is 1. The van der Waals surface area contributed by atoms with E-state index in [4.69, 9.17) is 0 Å². The molecular weight excluding hydrogens is 240 g/mol. The molecule has 2 amide bonds. The number of carbonyl (C=O) groups is 3. The summed E-state index contributed by atoms with van der Waals surface area (Å²) >= 11 is 0. The van der Waals surface area contributed by atoms with Gasteiger partial charge in [0.05, 0.1) is 13.2 Å². The number of rotatable bonds is 2. The summed E-state index contributed by atoms with van der Waals surface area (Å²) in [5.41, 5.74) is 0. The van der Waals surface area contributed by atoms with E-state index in [-0.39, 0.29) is 24.8 Å². The van der Waals surface area contributed by atoms with E-state index in [0.29, 0.717) is 12.8 Å². The minimum Gasteiger partial charge on any atom is -0.467 e. The highest BCUT2D eigenvalue weighted by molar-refractivity contribution is 5.93. The Morgan fingerprint density at radius 1 is 1.50 bits per heavy atom. The van der Waals surface area contributed by atoms with Crippen molar-refractivity contribution in [3.05, 3.63) is 0 Å². The van der Waals surface area contributed by atoms with Crippen LogP contribution in [-0.4, -0.2) is 59.6 Å². The van der Waals surface area contributed by atoms with Crippen molar-refractivity contribution in [3.63, 3.8) is 0 Å². The molecule has 7 heteroatoms. The second-order valence-electron chi connectivity index (χ2n) is 4.58. The molecule has 2 aliphatic rings. The number of esters is 1. The summed E-state index contributed by atoms with van der Waals surface area (Å²) in [6, 6.07) is -1.34. The van der Waals surface area contributed by atoms with E-state index in [1.54, 1.807) is 0 Å². The van der Waals surface area contributed by atoms with Crippen molar-refractivity contribution in [1.29, 1.82) is 0 Å². The van der Waals surface area contributed by atoms with Crippen molar-refractivity contribution in [3.8, 4) is 0 Å². The summed E-state index contributed by atoms with van der Waals surface area (Å²) in [7, 11) is 1.24. The Kier molecular flexibility index (Phi) is 3.51. The normalized spacial score (nSPS) is 31.3. The number of nitrogens with one attached hydrogen (secondary N) is 1. The van der Waals surface area contributed by atoms with E-state index < -0.39 is 24.2 Å². The summed E-state index contributed by atoms with van der Waals surface area (Å²) in [6.45, 7) is 0.102. The van der Waals surface area contributed by atoms with Crippen molar-refractivity contribution in [2.75, 3.05) is 13.7 Å². The molecule has 0 radical (unpaired) electrons. The average Bonchev–Trinajstić information content (AvgIpc) is 2.93. The van der Waals surface area contributed by atoms with Crippen LogP contribution in [0.4, 0.5) is 0 Å². The molecule has 2 fully saturated rings. The van der Waals surface area contributed by atoms with Gasteiger partial charge in [-0.2, -0.15) is 0 Å². The maximum absolute atomic E-state index is 12.2. The summed E-state index contributed by atoms with van der Waals surface area (Å²) in [4.78, 5) is 36.1. The van der Waals surface area contributed by atoms with Gasteiger partial charge < -0.3 is 20.1 Å². The number of hydrogen-bond acceptors (Lipinski definition) is 5. The van der Waals surface area contributed by atoms with Gasteiger partial charge in [0.15, 0.2) is 0 Å².